The Labute approximate surface area is 200 Å². The number of benzene rings is 2. The number of anilines is 1. The lowest BCUT2D eigenvalue weighted by Gasteiger charge is -2.10. The van der Waals surface area contributed by atoms with Gasteiger partial charge in [0, 0.05) is 17.1 Å². The molecule has 7 nitrogen and oxygen atoms in total. The standard InChI is InChI=1S/C22H21Cl2N5O2S/c1-3-9-29-19(12-25-21(31)15-6-4-5-14(2)10-15)27-28-22(29)32-13-20(30)26-18-8-7-16(23)11-17(18)24/h3-8,10-11H,1,9,12-13H2,2H3,(H,25,31)(H,26,30). The van der Waals surface area contributed by atoms with Crippen LogP contribution in [0.1, 0.15) is 21.7 Å². The quantitative estimate of drug-likeness (QED) is 0.334. The average molecular weight is 490 g/mol. The number of carbonyl (C=O) groups excluding carboxylic acids is 2. The van der Waals surface area contributed by atoms with Crippen LogP contribution in [0.25, 0.3) is 0 Å². The Morgan fingerprint density at radius 1 is 1.19 bits per heavy atom. The molecule has 0 aliphatic rings. The van der Waals surface area contributed by atoms with Crippen molar-refractivity contribution in [3.8, 4) is 0 Å². The van der Waals surface area contributed by atoms with Crippen LogP contribution in [-0.4, -0.2) is 32.3 Å². The Balaban J connectivity index is 1.61. The normalized spacial score (nSPS) is 10.6. The van der Waals surface area contributed by atoms with Gasteiger partial charge >= 0.3 is 0 Å². The van der Waals surface area contributed by atoms with Gasteiger partial charge in [0.25, 0.3) is 5.91 Å². The molecule has 0 radical (unpaired) electrons. The summed E-state index contributed by atoms with van der Waals surface area (Å²) in [4.78, 5) is 24.8. The molecular weight excluding hydrogens is 469 g/mol. The molecule has 1 heterocycles. The highest BCUT2D eigenvalue weighted by Gasteiger charge is 2.15. The molecule has 0 bridgehead atoms. The third kappa shape index (κ3) is 6.35. The predicted molar refractivity (Wildman–Crippen MR) is 128 cm³/mol. The molecule has 32 heavy (non-hydrogen) atoms. The molecule has 166 valence electrons. The van der Waals surface area contributed by atoms with E-state index in [-0.39, 0.29) is 24.1 Å². The lowest BCUT2D eigenvalue weighted by molar-refractivity contribution is -0.113. The maximum atomic E-state index is 12.4. The molecule has 10 heteroatoms. The molecular formula is C22H21Cl2N5O2S. The average Bonchev–Trinajstić information content (AvgIpc) is 3.14. The van der Waals surface area contributed by atoms with Crippen LogP contribution >= 0.6 is 35.0 Å². The number of halogens is 2. The molecule has 2 N–H and O–H groups in total. The number of hydrogen-bond acceptors (Lipinski definition) is 5. The molecule has 0 saturated carbocycles. The van der Waals surface area contributed by atoms with E-state index in [1.807, 2.05) is 25.1 Å². The lowest BCUT2D eigenvalue weighted by atomic mass is 10.1. The summed E-state index contributed by atoms with van der Waals surface area (Å²) in [5, 5.41) is 15.3. The van der Waals surface area contributed by atoms with Crippen molar-refractivity contribution in [3.63, 3.8) is 0 Å². The molecule has 2 amide bonds. The van der Waals surface area contributed by atoms with Gasteiger partial charge in [-0.1, -0.05) is 58.7 Å². The highest BCUT2D eigenvalue weighted by atomic mass is 35.5. The Morgan fingerprint density at radius 3 is 2.72 bits per heavy atom. The fourth-order valence-electron chi connectivity index (χ4n) is 2.82. The van der Waals surface area contributed by atoms with Crippen molar-refractivity contribution in [3.05, 3.63) is 82.1 Å². The van der Waals surface area contributed by atoms with Crippen molar-refractivity contribution < 1.29 is 9.59 Å². The van der Waals surface area contributed by atoms with Crippen LogP contribution in [0.5, 0.6) is 0 Å². The summed E-state index contributed by atoms with van der Waals surface area (Å²) < 4.78 is 1.80. The third-order valence-electron chi connectivity index (χ3n) is 4.33. The number of amides is 2. The molecule has 0 spiro atoms. The molecule has 0 aliphatic carbocycles. The van der Waals surface area contributed by atoms with Gasteiger partial charge in [0.1, 0.15) is 0 Å². The van der Waals surface area contributed by atoms with E-state index in [1.165, 1.54) is 11.8 Å². The number of aryl methyl sites for hydroxylation is 1. The minimum Gasteiger partial charge on any atom is -0.345 e. The Kier molecular flexibility index (Phi) is 8.33. The summed E-state index contributed by atoms with van der Waals surface area (Å²) in [5.41, 5.74) is 2.06. The first-order valence-corrected chi connectivity index (χ1v) is 11.4. The summed E-state index contributed by atoms with van der Waals surface area (Å²) in [5.74, 6) is 0.218. The number of allylic oxidation sites excluding steroid dienone is 1. The van der Waals surface area contributed by atoms with E-state index in [1.54, 1.807) is 34.9 Å². The Bertz CT molecular complexity index is 1150. The zero-order valence-electron chi connectivity index (χ0n) is 17.3. The van der Waals surface area contributed by atoms with E-state index in [9.17, 15) is 9.59 Å². The Morgan fingerprint density at radius 2 is 2.00 bits per heavy atom. The topological polar surface area (TPSA) is 88.9 Å². The number of rotatable bonds is 9. The van der Waals surface area contributed by atoms with E-state index in [0.717, 1.165) is 5.56 Å². The van der Waals surface area contributed by atoms with Crippen LogP contribution < -0.4 is 10.6 Å². The zero-order chi connectivity index (χ0) is 23.1. The summed E-state index contributed by atoms with van der Waals surface area (Å²) in [7, 11) is 0. The lowest BCUT2D eigenvalue weighted by Crippen LogP contribution is -2.25. The van der Waals surface area contributed by atoms with Crippen molar-refractivity contribution in [2.24, 2.45) is 0 Å². The molecule has 0 atom stereocenters. The molecule has 1 aromatic heterocycles. The number of thioether (sulfide) groups is 1. The number of aromatic nitrogens is 3. The molecule has 0 saturated heterocycles. The van der Waals surface area contributed by atoms with Crippen molar-refractivity contribution >= 4 is 52.5 Å². The highest BCUT2D eigenvalue weighted by molar-refractivity contribution is 7.99. The number of hydrogen-bond donors (Lipinski definition) is 2. The van der Waals surface area contributed by atoms with Crippen LogP contribution in [-0.2, 0) is 17.9 Å². The van der Waals surface area contributed by atoms with E-state index in [4.69, 9.17) is 23.2 Å². The van der Waals surface area contributed by atoms with Gasteiger partial charge in [-0.05, 0) is 37.3 Å². The van der Waals surface area contributed by atoms with Crippen molar-refractivity contribution in [1.29, 1.82) is 0 Å². The van der Waals surface area contributed by atoms with Gasteiger partial charge in [0.05, 0.1) is 23.0 Å². The van der Waals surface area contributed by atoms with Gasteiger partial charge in [-0.2, -0.15) is 0 Å². The van der Waals surface area contributed by atoms with E-state index < -0.39 is 0 Å². The van der Waals surface area contributed by atoms with Crippen molar-refractivity contribution in [2.75, 3.05) is 11.1 Å². The predicted octanol–water partition coefficient (Wildman–Crippen LogP) is 4.74. The number of nitrogens with one attached hydrogen (secondary N) is 2. The maximum Gasteiger partial charge on any atom is 0.251 e. The van der Waals surface area contributed by atoms with Gasteiger partial charge < -0.3 is 15.2 Å². The summed E-state index contributed by atoms with van der Waals surface area (Å²) in [6.07, 6.45) is 1.70. The van der Waals surface area contributed by atoms with Crippen LogP contribution in [0.15, 0.2) is 60.3 Å². The third-order valence-corrected chi connectivity index (χ3v) is 5.84. The second-order valence-corrected chi connectivity index (χ2v) is 8.60. The minimum atomic E-state index is -0.248. The first kappa shape index (κ1) is 23.8. The van der Waals surface area contributed by atoms with Gasteiger partial charge in [-0.25, -0.2) is 0 Å². The molecule has 2 aromatic carbocycles. The molecule has 0 unspecified atom stereocenters. The smallest absolute Gasteiger partial charge is 0.251 e. The van der Waals surface area contributed by atoms with E-state index in [0.29, 0.717) is 38.8 Å². The SMILES string of the molecule is C=CCn1c(CNC(=O)c2cccc(C)c2)nnc1SCC(=O)Nc1ccc(Cl)cc1Cl. The van der Waals surface area contributed by atoms with Gasteiger partial charge in [-0.3, -0.25) is 9.59 Å². The molecule has 0 aliphatic heterocycles. The molecule has 3 aromatic rings. The monoisotopic (exact) mass is 489 g/mol. The van der Waals surface area contributed by atoms with Crippen LogP contribution in [0.3, 0.4) is 0 Å². The second kappa shape index (κ2) is 11.2. The van der Waals surface area contributed by atoms with E-state index >= 15 is 0 Å². The Hall–Kier alpha value is -2.81. The van der Waals surface area contributed by atoms with Crippen LogP contribution in [0, 0.1) is 6.92 Å². The van der Waals surface area contributed by atoms with Gasteiger partial charge in [0.2, 0.25) is 5.91 Å². The summed E-state index contributed by atoms with van der Waals surface area (Å²) >= 11 is 13.2. The first-order valence-electron chi connectivity index (χ1n) is 9.63. The minimum absolute atomic E-state index is 0.101. The van der Waals surface area contributed by atoms with Gasteiger partial charge in [0.15, 0.2) is 11.0 Å². The summed E-state index contributed by atoms with van der Waals surface area (Å²) in [6.45, 7) is 6.32. The maximum absolute atomic E-state index is 12.4. The zero-order valence-corrected chi connectivity index (χ0v) is 19.6. The highest BCUT2D eigenvalue weighted by Crippen LogP contribution is 2.26. The van der Waals surface area contributed by atoms with Crippen LogP contribution in [0.4, 0.5) is 5.69 Å². The second-order valence-electron chi connectivity index (χ2n) is 6.81. The first-order chi connectivity index (χ1) is 15.4. The number of nitrogens with zero attached hydrogens (tertiary/aromatic N) is 3. The van der Waals surface area contributed by atoms with Crippen LogP contribution in [0.2, 0.25) is 10.0 Å². The summed E-state index contributed by atoms with van der Waals surface area (Å²) in [6, 6.07) is 12.2. The number of carbonyl (C=O) groups is 2. The fourth-order valence-corrected chi connectivity index (χ4v) is 4.05. The largest absolute Gasteiger partial charge is 0.345 e. The molecule has 0 fully saturated rings. The molecule has 3 rings (SSSR count). The van der Waals surface area contributed by atoms with Crippen molar-refractivity contribution in [2.45, 2.75) is 25.2 Å². The van der Waals surface area contributed by atoms with E-state index in [2.05, 4.69) is 27.4 Å². The fraction of sp³-hybridized carbons (Fsp3) is 0.182. The van der Waals surface area contributed by atoms with Gasteiger partial charge in [-0.15, -0.1) is 16.8 Å². The van der Waals surface area contributed by atoms with Crippen molar-refractivity contribution in [1.82, 2.24) is 20.1 Å².